The van der Waals surface area contributed by atoms with Crippen LogP contribution in [0.25, 0.3) is 0 Å². The second kappa shape index (κ2) is 10.7. The number of carbonyl (C=O) groups is 2. The van der Waals surface area contributed by atoms with Crippen LogP contribution in [0.5, 0.6) is 0 Å². The topological polar surface area (TPSA) is 84.0 Å². The molecule has 2 rings (SSSR count). The van der Waals surface area contributed by atoms with Gasteiger partial charge in [-0.1, -0.05) is 26.0 Å². The molecule has 0 unspecified atom stereocenters. The van der Waals surface area contributed by atoms with Crippen LogP contribution in [0.1, 0.15) is 45.1 Å². The molecule has 1 aromatic rings. The number of rotatable bonds is 8. The van der Waals surface area contributed by atoms with E-state index in [9.17, 15) is 31.2 Å². The second-order valence-corrected chi connectivity index (χ2v) is 9.95. The fraction of sp³-hybridized carbons (Fsp3) is 0.619. The van der Waals surface area contributed by atoms with Gasteiger partial charge in [0.1, 0.15) is 13.1 Å². The van der Waals surface area contributed by atoms with E-state index in [1.54, 1.807) is 12.1 Å². The van der Waals surface area contributed by atoms with Gasteiger partial charge in [0.05, 0.1) is 11.5 Å². The molecule has 0 atom stereocenters. The third-order valence-electron chi connectivity index (χ3n) is 5.29. The van der Waals surface area contributed by atoms with Crippen molar-refractivity contribution in [2.24, 2.45) is 5.92 Å². The molecule has 1 aromatic carbocycles. The number of amides is 1. The van der Waals surface area contributed by atoms with Gasteiger partial charge in [-0.05, 0) is 43.4 Å². The number of carbonyl (C=O) groups excluding carboxylic acids is 2. The van der Waals surface area contributed by atoms with Gasteiger partial charge in [-0.2, -0.15) is 17.5 Å². The minimum Gasteiger partial charge on any atom is -0.465 e. The number of hydrogen-bond acceptors (Lipinski definition) is 5. The maximum Gasteiger partial charge on any atom is 0.406 e. The van der Waals surface area contributed by atoms with Crippen molar-refractivity contribution >= 4 is 21.9 Å². The molecular formula is C21H29F3N2O5S. The lowest BCUT2D eigenvalue weighted by atomic mass is 9.96. The van der Waals surface area contributed by atoms with E-state index in [0.717, 1.165) is 5.56 Å². The first kappa shape index (κ1) is 26.1. The van der Waals surface area contributed by atoms with Crippen LogP contribution in [0.4, 0.5) is 13.2 Å². The van der Waals surface area contributed by atoms with Gasteiger partial charge < -0.3 is 9.64 Å². The van der Waals surface area contributed by atoms with Crippen LogP contribution in [0.2, 0.25) is 0 Å². The van der Waals surface area contributed by atoms with Crippen LogP contribution < -0.4 is 0 Å². The van der Waals surface area contributed by atoms with Crippen molar-refractivity contribution < 1.29 is 35.9 Å². The van der Waals surface area contributed by atoms with Crippen LogP contribution in [-0.2, 0) is 24.3 Å². The Morgan fingerprint density at radius 2 is 1.72 bits per heavy atom. The van der Waals surface area contributed by atoms with Gasteiger partial charge in [0, 0.05) is 19.0 Å². The predicted octanol–water partition coefficient (Wildman–Crippen LogP) is 3.16. The molecule has 0 radical (unpaired) electrons. The summed E-state index contributed by atoms with van der Waals surface area (Å²) < 4.78 is 70.5. The van der Waals surface area contributed by atoms with Crippen molar-refractivity contribution in [3.8, 4) is 0 Å². The summed E-state index contributed by atoms with van der Waals surface area (Å²) in [5.74, 6) is -2.30. The lowest BCUT2D eigenvalue weighted by molar-refractivity contribution is -0.169. The molecule has 1 aliphatic heterocycles. The van der Waals surface area contributed by atoms with E-state index in [-0.39, 0.29) is 43.4 Å². The Labute approximate surface area is 186 Å². The Balaban J connectivity index is 2.06. The highest BCUT2D eigenvalue weighted by Gasteiger charge is 2.39. The zero-order valence-electron chi connectivity index (χ0n) is 18.4. The van der Waals surface area contributed by atoms with Crippen molar-refractivity contribution in [1.29, 1.82) is 0 Å². The van der Waals surface area contributed by atoms with Crippen molar-refractivity contribution in [2.45, 2.75) is 50.6 Å². The van der Waals surface area contributed by atoms with Gasteiger partial charge in [0.25, 0.3) is 0 Å². The fourth-order valence-electron chi connectivity index (χ4n) is 3.57. The first-order valence-corrected chi connectivity index (χ1v) is 11.9. The predicted molar refractivity (Wildman–Crippen MR) is 111 cm³/mol. The van der Waals surface area contributed by atoms with Gasteiger partial charge in [0.15, 0.2) is 0 Å². The van der Waals surface area contributed by atoms with Crippen molar-refractivity contribution in [3.63, 3.8) is 0 Å². The number of esters is 1. The van der Waals surface area contributed by atoms with E-state index in [4.69, 9.17) is 0 Å². The molecular weight excluding hydrogens is 449 g/mol. The Morgan fingerprint density at radius 3 is 2.19 bits per heavy atom. The molecule has 0 aromatic heterocycles. The smallest absolute Gasteiger partial charge is 0.406 e. The normalized spacial score (nSPS) is 16.2. The highest BCUT2D eigenvalue weighted by Crippen LogP contribution is 2.27. The number of sulfonamides is 1. The summed E-state index contributed by atoms with van der Waals surface area (Å²) in [7, 11) is -3.77. The van der Waals surface area contributed by atoms with Gasteiger partial charge in [-0.25, -0.2) is 8.42 Å². The number of alkyl halides is 3. The summed E-state index contributed by atoms with van der Waals surface area (Å²) in [5.41, 5.74) is 1.000. The highest BCUT2D eigenvalue weighted by molar-refractivity contribution is 7.89. The van der Waals surface area contributed by atoms with E-state index in [2.05, 4.69) is 4.74 Å². The quantitative estimate of drug-likeness (QED) is 0.536. The number of halogens is 3. The minimum atomic E-state index is -4.67. The van der Waals surface area contributed by atoms with Crippen LogP contribution in [-0.4, -0.2) is 68.5 Å². The molecule has 0 N–H and O–H groups in total. The van der Waals surface area contributed by atoms with Crippen LogP contribution in [0.3, 0.4) is 0 Å². The number of piperidine rings is 1. The zero-order valence-corrected chi connectivity index (χ0v) is 19.2. The molecule has 11 heteroatoms. The van der Waals surface area contributed by atoms with E-state index in [1.807, 2.05) is 13.8 Å². The lowest BCUT2D eigenvalue weighted by Gasteiger charge is -2.33. The maximum atomic E-state index is 12.9. The van der Waals surface area contributed by atoms with Gasteiger partial charge in [0.2, 0.25) is 15.9 Å². The Hall–Kier alpha value is -2.14. The number of hydrogen-bond donors (Lipinski definition) is 0. The molecule has 180 valence electrons. The number of nitrogens with zero attached hydrogens (tertiary/aromatic N) is 2. The van der Waals surface area contributed by atoms with Crippen LogP contribution >= 0.6 is 0 Å². The average molecular weight is 479 g/mol. The monoisotopic (exact) mass is 478 g/mol. The first-order valence-electron chi connectivity index (χ1n) is 10.5. The average Bonchev–Trinajstić information content (AvgIpc) is 2.72. The Bertz CT molecular complexity index is 893. The molecule has 0 bridgehead atoms. The third-order valence-corrected chi connectivity index (χ3v) is 7.21. The molecule has 1 aliphatic rings. The van der Waals surface area contributed by atoms with Gasteiger partial charge in [-0.15, -0.1) is 0 Å². The van der Waals surface area contributed by atoms with Crippen molar-refractivity contribution in [2.75, 3.05) is 32.8 Å². The highest BCUT2D eigenvalue weighted by atomic mass is 32.2. The molecule has 1 amide bonds. The van der Waals surface area contributed by atoms with Gasteiger partial charge in [-0.3, -0.25) is 9.59 Å². The molecule has 7 nitrogen and oxygen atoms in total. The van der Waals surface area contributed by atoms with E-state index in [0.29, 0.717) is 4.90 Å². The summed E-state index contributed by atoms with van der Waals surface area (Å²) in [6.07, 6.45) is -4.53. The lowest BCUT2D eigenvalue weighted by Crippen LogP contribution is -2.48. The van der Waals surface area contributed by atoms with E-state index >= 15 is 0 Å². The number of benzene rings is 1. The molecule has 1 saturated heterocycles. The Morgan fingerprint density at radius 1 is 1.16 bits per heavy atom. The molecule has 1 heterocycles. The van der Waals surface area contributed by atoms with Crippen LogP contribution in [0, 0.1) is 5.92 Å². The fourth-order valence-corrected chi connectivity index (χ4v) is 5.04. The largest absolute Gasteiger partial charge is 0.465 e. The zero-order chi connectivity index (χ0) is 24.1. The number of ether oxygens (including phenoxy) is 1. The summed E-state index contributed by atoms with van der Waals surface area (Å²) in [6.45, 7) is 3.14. The molecule has 1 fully saturated rings. The second-order valence-electron chi connectivity index (χ2n) is 8.02. The van der Waals surface area contributed by atoms with Crippen molar-refractivity contribution in [1.82, 2.24) is 9.21 Å². The first-order chi connectivity index (χ1) is 14.8. The SMILES string of the molecule is CCOC(=O)CN(CC(F)(F)F)C(=O)C1CCN(S(=O)(=O)c2ccc(C(C)C)cc2)CC1. The molecule has 0 saturated carbocycles. The van der Waals surface area contributed by atoms with Crippen molar-refractivity contribution in [3.05, 3.63) is 29.8 Å². The van der Waals surface area contributed by atoms with E-state index in [1.165, 1.54) is 23.4 Å². The summed E-state index contributed by atoms with van der Waals surface area (Å²) in [5, 5.41) is 0. The standard InChI is InChI=1S/C21H29F3N2O5S/c1-4-31-19(27)13-25(14-21(22,23)24)20(28)17-9-11-26(12-10-17)32(29,30)18-7-5-16(6-8-18)15(2)3/h5-8,15,17H,4,9-14H2,1-3H3. The van der Waals surface area contributed by atoms with E-state index < -0.39 is 47.1 Å². The maximum absolute atomic E-state index is 12.9. The minimum absolute atomic E-state index is 0.00391. The summed E-state index contributed by atoms with van der Waals surface area (Å²) in [4.78, 5) is 24.9. The molecule has 0 aliphatic carbocycles. The third kappa shape index (κ3) is 6.93. The Kier molecular flexibility index (Phi) is 8.69. The molecule has 32 heavy (non-hydrogen) atoms. The summed E-state index contributed by atoms with van der Waals surface area (Å²) >= 11 is 0. The molecule has 0 spiro atoms. The summed E-state index contributed by atoms with van der Waals surface area (Å²) in [6, 6.07) is 6.56. The van der Waals surface area contributed by atoms with Crippen LogP contribution in [0.15, 0.2) is 29.2 Å². The van der Waals surface area contributed by atoms with Gasteiger partial charge >= 0.3 is 12.1 Å².